The molecular formula is C5H6BrN3O2S. The molecule has 0 aliphatic carbocycles. The zero-order chi connectivity index (χ0) is 9.03. The molecule has 0 fully saturated rings. The van der Waals surface area contributed by atoms with Crippen LogP contribution in [0.2, 0.25) is 0 Å². The Morgan fingerprint density at radius 2 is 2.33 bits per heavy atom. The second-order valence-electron chi connectivity index (χ2n) is 1.93. The first kappa shape index (κ1) is 9.40. The summed E-state index contributed by atoms with van der Waals surface area (Å²) >= 11 is 2.83. The molecular weight excluding hydrogens is 246 g/mol. The normalized spacial score (nSPS) is 11.1. The first-order valence-corrected chi connectivity index (χ1v) is 5.75. The lowest BCUT2D eigenvalue weighted by atomic mass is 10.6. The van der Waals surface area contributed by atoms with Gasteiger partial charge in [0.05, 0.1) is 0 Å². The summed E-state index contributed by atoms with van der Waals surface area (Å²) in [6.45, 7) is 0. The molecule has 5 nitrogen and oxygen atoms in total. The fraction of sp³-hybridized carbons (Fsp3) is 0.200. The third-order valence-electron chi connectivity index (χ3n) is 0.976. The van der Waals surface area contributed by atoms with Gasteiger partial charge in [0.25, 0.3) is 0 Å². The number of sulfonamides is 1. The van der Waals surface area contributed by atoms with Gasteiger partial charge in [0.1, 0.15) is 4.66 Å². The molecule has 0 amide bonds. The van der Waals surface area contributed by atoms with Crippen LogP contribution in [0.1, 0.15) is 0 Å². The Labute approximate surface area is 78.4 Å². The van der Waals surface area contributed by atoms with E-state index in [1.807, 2.05) is 0 Å². The highest BCUT2D eigenvalue weighted by atomic mass is 79.9. The van der Waals surface area contributed by atoms with Gasteiger partial charge in [-0.25, -0.2) is 8.42 Å². The van der Waals surface area contributed by atoms with Crippen molar-refractivity contribution >= 4 is 31.8 Å². The lowest BCUT2D eigenvalue weighted by Crippen LogP contribution is -2.14. The average molecular weight is 252 g/mol. The van der Waals surface area contributed by atoms with E-state index in [4.69, 9.17) is 0 Å². The van der Waals surface area contributed by atoms with Crippen LogP contribution in [0.4, 0.5) is 5.82 Å². The van der Waals surface area contributed by atoms with Crippen LogP contribution in [-0.2, 0) is 10.0 Å². The molecule has 0 bridgehead atoms. The van der Waals surface area contributed by atoms with Crippen molar-refractivity contribution in [2.45, 2.75) is 0 Å². The number of anilines is 1. The minimum absolute atomic E-state index is 0.156. The van der Waals surface area contributed by atoms with Gasteiger partial charge in [-0.3, -0.25) is 4.72 Å². The fourth-order valence-corrected chi connectivity index (χ4v) is 1.37. The van der Waals surface area contributed by atoms with Crippen LogP contribution in [0, 0.1) is 0 Å². The molecule has 1 aromatic heterocycles. The Balaban J connectivity index is 2.78. The van der Waals surface area contributed by atoms with Gasteiger partial charge in [0, 0.05) is 6.20 Å². The van der Waals surface area contributed by atoms with Gasteiger partial charge >= 0.3 is 0 Å². The number of nitrogens with one attached hydrogen (secondary N) is 1. The van der Waals surface area contributed by atoms with Crippen molar-refractivity contribution < 1.29 is 8.42 Å². The van der Waals surface area contributed by atoms with Crippen LogP contribution in [-0.4, -0.2) is 23.3 Å². The molecule has 0 aliphatic heterocycles. The smallest absolute Gasteiger partial charge is 0.243 e. The summed E-state index contributed by atoms with van der Waals surface area (Å²) in [6.07, 6.45) is 1.46. The van der Waals surface area contributed by atoms with Crippen molar-refractivity contribution in [1.82, 2.24) is 10.2 Å². The van der Waals surface area contributed by atoms with Crippen LogP contribution in [0.25, 0.3) is 0 Å². The fourth-order valence-electron chi connectivity index (χ4n) is 0.543. The Morgan fingerprint density at radius 3 is 2.83 bits per heavy atom. The van der Waals surface area contributed by atoms with E-state index in [-0.39, 0.29) is 10.5 Å². The standard InChI is InChI=1S/C5H6BrN3O2S/c6-4-12(10,11)9-5-2-1-3-7-8-5/h1-3H,4H2,(H,8,9). The van der Waals surface area contributed by atoms with Gasteiger partial charge in [-0.1, -0.05) is 15.9 Å². The average Bonchev–Trinajstić information content (AvgIpc) is 2.06. The SMILES string of the molecule is O=S(=O)(CBr)Nc1cccnn1. The number of halogens is 1. The van der Waals surface area contributed by atoms with E-state index in [0.29, 0.717) is 0 Å². The maximum atomic E-state index is 10.9. The van der Waals surface area contributed by atoms with Crippen molar-refractivity contribution in [3.8, 4) is 0 Å². The zero-order valence-corrected chi connectivity index (χ0v) is 8.34. The predicted octanol–water partition coefficient (Wildman–Crippen LogP) is 0.571. The minimum atomic E-state index is -3.31. The van der Waals surface area contributed by atoms with Crippen molar-refractivity contribution in [3.05, 3.63) is 18.3 Å². The van der Waals surface area contributed by atoms with Crippen molar-refractivity contribution in [2.24, 2.45) is 0 Å². The molecule has 1 aromatic rings. The van der Waals surface area contributed by atoms with E-state index < -0.39 is 10.0 Å². The molecule has 0 radical (unpaired) electrons. The Hall–Kier alpha value is -0.690. The second-order valence-corrected chi connectivity index (χ2v) is 4.96. The molecule has 0 aromatic carbocycles. The maximum Gasteiger partial charge on any atom is 0.243 e. The highest BCUT2D eigenvalue weighted by Crippen LogP contribution is 2.03. The van der Waals surface area contributed by atoms with Crippen LogP contribution < -0.4 is 4.72 Å². The highest BCUT2D eigenvalue weighted by molar-refractivity contribution is 9.10. The van der Waals surface area contributed by atoms with Crippen molar-refractivity contribution in [3.63, 3.8) is 0 Å². The second kappa shape index (κ2) is 3.81. The molecule has 1 heterocycles. The van der Waals surface area contributed by atoms with E-state index in [1.54, 1.807) is 6.07 Å². The van der Waals surface area contributed by atoms with Gasteiger partial charge in [-0.05, 0) is 12.1 Å². The number of nitrogens with zero attached hydrogens (tertiary/aromatic N) is 2. The summed E-state index contributed by atoms with van der Waals surface area (Å²) in [5, 5.41) is 7.06. The van der Waals surface area contributed by atoms with E-state index in [2.05, 4.69) is 30.8 Å². The topological polar surface area (TPSA) is 72.0 Å². The molecule has 0 saturated heterocycles. The van der Waals surface area contributed by atoms with Crippen molar-refractivity contribution in [2.75, 3.05) is 9.38 Å². The largest absolute Gasteiger partial charge is 0.265 e. The molecule has 12 heavy (non-hydrogen) atoms. The summed E-state index contributed by atoms with van der Waals surface area (Å²) in [4.78, 5) is 0. The van der Waals surface area contributed by atoms with Gasteiger partial charge in [0.15, 0.2) is 5.82 Å². The van der Waals surface area contributed by atoms with E-state index in [9.17, 15) is 8.42 Å². The molecule has 1 rings (SSSR count). The maximum absolute atomic E-state index is 10.9. The molecule has 0 aliphatic rings. The molecule has 0 atom stereocenters. The first-order valence-electron chi connectivity index (χ1n) is 2.98. The predicted molar refractivity (Wildman–Crippen MR) is 48.4 cm³/mol. The molecule has 7 heteroatoms. The summed E-state index contributed by atoms with van der Waals surface area (Å²) in [6, 6.07) is 3.12. The molecule has 66 valence electrons. The summed E-state index contributed by atoms with van der Waals surface area (Å²) in [5.41, 5.74) is 0. The highest BCUT2D eigenvalue weighted by Gasteiger charge is 2.07. The van der Waals surface area contributed by atoms with Gasteiger partial charge in [-0.2, -0.15) is 5.10 Å². The number of aromatic nitrogens is 2. The van der Waals surface area contributed by atoms with Gasteiger partial charge in [-0.15, -0.1) is 5.10 Å². The minimum Gasteiger partial charge on any atom is -0.265 e. The first-order chi connectivity index (χ1) is 5.64. The number of hydrogen-bond acceptors (Lipinski definition) is 4. The quantitative estimate of drug-likeness (QED) is 0.798. The molecule has 0 saturated carbocycles. The van der Waals surface area contributed by atoms with Gasteiger partial charge < -0.3 is 0 Å². The van der Waals surface area contributed by atoms with Crippen LogP contribution >= 0.6 is 15.9 Å². The molecule has 0 spiro atoms. The lowest BCUT2D eigenvalue weighted by molar-refractivity contribution is 0.605. The summed E-state index contributed by atoms with van der Waals surface area (Å²) < 4.78 is 23.9. The number of alkyl halides is 1. The monoisotopic (exact) mass is 251 g/mol. The summed E-state index contributed by atoms with van der Waals surface area (Å²) in [7, 11) is -3.31. The zero-order valence-electron chi connectivity index (χ0n) is 5.94. The van der Waals surface area contributed by atoms with Crippen LogP contribution in [0.5, 0.6) is 0 Å². The Kier molecular flexibility index (Phi) is 2.99. The third kappa shape index (κ3) is 2.74. The number of rotatable bonds is 3. The van der Waals surface area contributed by atoms with Crippen LogP contribution in [0.15, 0.2) is 18.3 Å². The Bertz CT molecular complexity index is 339. The third-order valence-corrected chi connectivity index (χ3v) is 3.59. The number of hydrogen-bond donors (Lipinski definition) is 1. The van der Waals surface area contributed by atoms with E-state index in [0.717, 1.165) is 0 Å². The molecule has 1 N–H and O–H groups in total. The lowest BCUT2D eigenvalue weighted by Gasteiger charge is -2.01. The van der Waals surface area contributed by atoms with Crippen LogP contribution in [0.3, 0.4) is 0 Å². The van der Waals surface area contributed by atoms with E-state index >= 15 is 0 Å². The van der Waals surface area contributed by atoms with E-state index in [1.165, 1.54) is 12.3 Å². The molecule has 0 unspecified atom stereocenters. The Morgan fingerprint density at radius 1 is 1.58 bits per heavy atom. The van der Waals surface area contributed by atoms with Crippen molar-refractivity contribution in [1.29, 1.82) is 0 Å². The van der Waals surface area contributed by atoms with Gasteiger partial charge in [0.2, 0.25) is 10.0 Å². The summed E-state index contributed by atoms with van der Waals surface area (Å²) in [5.74, 6) is 0.219.